The molecule has 0 radical (unpaired) electrons. The minimum atomic E-state index is -0.922. The van der Waals surface area contributed by atoms with Crippen LogP contribution in [0.4, 0.5) is 0 Å². The summed E-state index contributed by atoms with van der Waals surface area (Å²) < 4.78 is 6.14. The molecule has 0 heterocycles. The second-order valence-corrected chi connectivity index (χ2v) is 10.3. The standard InChI is InChI=1S/C31H54O4/c1-3-5-6-7-8-9-10-11-12-13-14-15-16-17-21-24-28(25-30(32)29(4-2)31(33)34)35-26-27-22-19-18-20-23-27/h18-20,22-23,28-30,32H,3-17,21,24-26H2,1-2H3,(H,33,34)/t28-,29?,30+/m1/s1. The first-order chi connectivity index (χ1) is 17.1. The summed E-state index contributed by atoms with van der Waals surface area (Å²) in [6.07, 6.45) is 20.8. The van der Waals surface area contributed by atoms with Crippen LogP contribution in [0.25, 0.3) is 0 Å². The Bertz CT molecular complexity index is 603. The summed E-state index contributed by atoms with van der Waals surface area (Å²) in [7, 11) is 0. The number of hydrogen-bond donors (Lipinski definition) is 2. The molecule has 0 saturated carbocycles. The van der Waals surface area contributed by atoms with Gasteiger partial charge in [0.15, 0.2) is 0 Å². The molecule has 0 aliphatic heterocycles. The molecule has 1 rings (SSSR count). The number of benzene rings is 1. The van der Waals surface area contributed by atoms with Gasteiger partial charge in [-0.2, -0.15) is 0 Å². The van der Waals surface area contributed by atoms with Crippen molar-refractivity contribution in [1.82, 2.24) is 0 Å². The van der Waals surface area contributed by atoms with Crippen molar-refractivity contribution in [1.29, 1.82) is 0 Å². The van der Waals surface area contributed by atoms with E-state index in [4.69, 9.17) is 4.74 Å². The van der Waals surface area contributed by atoms with E-state index >= 15 is 0 Å². The highest BCUT2D eigenvalue weighted by atomic mass is 16.5. The molecule has 0 fully saturated rings. The minimum Gasteiger partial charge on any atom is -0.481 e. The average Bonchev–Trinajstić information content (AvgIpc) is 2.85. The van der Waals surface area contributed by atoms with Gasteiger partial charge in [0.25, 0.3) is 0 Å². The van der Waals surface area contributed by atoms with Crippen molar-refractivity contribution >= 4 is 5.97 Å². The van der Waals surface area contributed by atoms with Crippen molar-refractivity contribution in [2.45, 2.75) is 148 Å². The molecule has 2 N–H and O–H groups in total. The zero-order valence-corrected chi connectivity index (χ0v) is 22.8. The predicted molar refractivity (Wildman–Crippen MR) is 147 cm³/mol. The number of ether oxygens (including phenoxy) is 1. The fourth-order valence-corrected chi connectivity index (χ4v) is 4.85. The van der Waals surface area contributed by atoms with Gasteiger partial charge in [0.2, 0.25) is 0 Å². The smallest absolute Gasteiger partial charge is 0.309 e. The quantitative estimate of drug-likeness (QED) is 0.142. The Morgan fingerprint density at radius 3 is 1.71 bits per heavy atom. The highest BCUT2D eigenvalue weighted by molar-refractivity contribution is 5.70. The number of aliphatic carboxylic acids is 1. The van der Waals surface area contributed by atoms with Crippen molar-refractivity contribution in [2.75, 3.05) is 0 Å². The second-order valence-electron chi connectivity index (χ2n) is 10.3. The number of rotatable bonds is 24. The summed E-state index contributed by atoms with van der Waals surface area (Å²) in [5.74, 6) is -1.65. The number of carboxylic acid groups (broad SMARTS) is 1. The Morgan fingerprint density at radius 2 is 1.26 bits per heavy atom. The van der Waals surface area contributed by atoms with Crippen molar-refractivity contribution in [3.05, 3.63) is 35.9 Å². The Morgan fingerprint density at radius 1 is 0.771 bits per heavy atom. The van der Waals surface area contributed by atoms with E-state index in [0.717, 1.165) is 18.4 Å². The maximum atomic E-state index is 11.4. The summed E-state index contributed by atoms with van der Waals surface area (Å²) in [4.78, 5) is 11.4. The number of hydrogen-bond acceptors (Lipinski definition) is 3. The Hall–Kier alpha value is -1.39. The first kappa shape index (κ1) is 31.6. The third kappa shape index (κ3) is 16.8. The van der Waals surface area contributed by atoms with E-state index in [-0.39, 0.29) is 6.10 Å². The van der Waals surface area contributed by atoms with Crippen LogP contribution >= 0.6 is 0 Å². The zero-order chi connectivity index (χ0) is 25.6. The highest BCUT2D eigenvalue weighted by Crippen LogP contribution is 2.21. The van der Waals surface area contributed by atoms with Crippen molar-refractivity contribution in [2.24, 2.45) is 5.92 Å². The summed E-state index contributed by atoms with van der Waals surface area (Å²) in [6, 6.07) is 10.0. The molecule has 0 spiro atoms. The largest absolute Gasteiger partial charge is 0.481 e. The average molecular weight is 491 g/mol. The molecule has 1 aromatic carbocycles. The van der Waals surface area contributed by atoms with E-state index < -0.39 is 18.0 Å². The van der Waals surface area contributed by atoms with Gasteiger partial charge in [0, 0.05) is 6.42 Å². The summed E-state index contributed by atoms with van der Waals surface area (Å²) in [5.41, 5.74) is 1.11. The SMILES string of the molecule is CCCCCCCCCCCCCCCCC[C@H](C[C@H](O)C(CC)C(=O)O)OCc1ccccc1. The van der Waals surface area contributed by atoms with Crippen LogP contribution in [0.1, 0.15) is 135 Å². The monoisotopic (exact) mass is 490 g/mol. The Labute approximate surface area is 215 Å². The summed E-state index contributed by atoms with van der Waals surface area (Å²) in [6.45, 7) is 4.59. The van der Waals surface area contributed by atoms with Gasteiger partial charge in [-0.1, -0.05) is 140 Å². The minimum absolute atomic E-state index is 0.111. The predicted octanol–water partition coefficient (Wildman–Crippen LogP) is 8.70. The number of carbonyl (C=O) groups is 1. The van der Waals surface area contributed by atoms with Crippen LogP contribution in [0, 0.1) is 5.92 Å². The first-order valence-corrected chi connectivity index (χ1v) is 14.6. The summed E-state index contributed by atoms with van der Waals surface area (Å²) >= 11 is 0. The van der Waals surface area contributed by atoms with Gasteiger partial charge < -0.3 is 14.9 Å². The van der Waals surface area contributed by atoms with Gasteiger partial charge in [0.1, 0.15) is 0 Å². The molecule has 0 amide bonds. The van der Waals surface area contributed by atoms with Gasteiger partial charge in [0.05, 0.1) is 24.7 Å². The van der Waals surface area contributed by atoms with Gasteiger partial charge in [-0.15, -0.1) is 0 Å². The molecular formula is C31H54O4. The van der Waals surface area contributed by atoms with E-state index in [1.54, 1.807) is 0 Å². The van der Waals surface area contributed by atoms with Gasteiger partial charge in [-0.3, -0.25) is 4.79 Å². The molecule has 4 heteroatoms. The lowest BCUT2D eigenvalue weighted by molar-refractivity contribution is -0.147. The molecule has 0 saturated heterocycles. The van der Waals surface area contributed by atoms with Crippen LogP contribution in [-0.4, -0.2) is 28.4 Å². The van der Waals surface area contributed by atoms with E-state index in [0.29, 0.717) is 19.4 Å². The molecule has 0 bridgehead atoms. The van der Waals surface area contributed by atoms with E-state index in [1.807, 2.05) is 37.3 Å². The lowest BCUT2D eigenvalue weighted by Crippen LogP contribution is -2.32. The van der Waals surface area contributed by atoms with E-state index in [2.05, 4.69) is 6.92 Å². The van der Waals surface area contributed by atoms with Crippen LogP contribution < -0.4 is 0 Å². The molecular weight excluding hydrogens is 436 g/mol. The molecule has 4 nitrogen and oxygen atoms in total. The second kappa shape index (κ2) is 21.9. The third-order valence-electron chi connectivity index (χ3n) is 7.18. The topological polar surface area (TPSA) is 66.8 Å². The molecule has 3 atom stereocenters. The van der Waals surface area contributed by atoms with Crippen LogP contribution in [0.5, 0.6) is 0 Å². The van der Waals surface area contributed by atoms with Crippen LogP contribution in [0.15, 0.2) is 30.3 Å². The number of aliphatic hydroxyl groups is 1. The molecule has 0 aromatic heterocycles. The fourth-order valence-electron chi connectivity index (χ4n) is 4.85. The summed E-state index contributed by atoms with van der Waals surface area (Å²) in [5, 5.41) is 19.9. The van der Waals surface area contributed by atoms with Crippen LogP contribution in [0.3, 0.4) is 0 Å². The van der Waals surface area contributed by atoms with Crippen molar-refractivity contribution in [3.8, 4) is 0 Å². The van der Waals surface area contributed by atoms with Crippen LogP contribution in [0.2, 0.25) is 0 Å². The molecule has 0 aliphatic carbocycles. The lowest BCUT2D eigenvalue weighted by atomic mass is 9.93. The highest BCUT2D eigenvalue weighted by Gasteiger charge is 2.27. The van der Waals surface area contributed by atoms with E-state index in [1.165, 1.54) is 89.9 Å². The lowest BCUT2D eigenvalue weighted by Gasteiger charge is -2.24. The van der Waals surface area contributed by atoms with Gasteiger partial charge in [-0.25, -0.2) is 0 Å². The molecule has 1 aromatic rings. The third-order valence-corrected chi connectivity index (χ3v) is 7.18. The van der Waals surface area contributed by atoms with Crippen molar-refractivity contribution < 1.29 is 19.7 Å². The van der Waals surface area contributed by atoms with E-state index in [9.17, 15) is 15.0 Å². The molecule has 202 valence electrons. The Balaban J connectivity index is 2.18. The maximum Gasteiger partial charge on any atom is 0.309 e. The number of aliphatic hydroxyl groups excluding tert-OH is 1. The van der Waals surface area contributed by atoms with Gasteiger partial charge in [-0.05, 0) is 18.4 Å². The number of unbranched alkanes of at least 4 members (excludes halogenated alkanes) is 14. The Kier molecular flexibility index (Phi) is 19.8. The first-order valence-electron chi connectivity index (χ1n) is 14.6. The number of carboxylic acids is 1. The maximum absolute atomic E-state index is 11.4. The van der Waals surface area contributed by atoms with Crippen LogP contribution in [-0.2, 0) is 16.1 Å². The van der Waals surface area contributed by atoms with Gasteiger partial charge >= 0.3 is 5.97 Å². The molecule has 1 unspecified atom stereocenters. The molecule has 0 aliphatic rings. The normalized spacial score (nSPS) is 14.0. The fraction of sp³-hybridized carbons (Fsp3) is 0.774. The van der Waals surface area contributed by atoms with Crippen molar-refractivity contribution in [3.63, 3.8) is 0 Å². The zero-order valence-electron chi connectivity index (χ0n) is 22.8. The molecule has 35 heavy (non-hydrogen) atoms.